The van der Waals surface area contributed by atoms with Crippen molar-refractivity contribution in [2.45, 2.75) is 53.4 Å². The molecule has 0 atom stereocenters. The van der Waals surface area contributed by atoms with Crippen molar-refractivity contribution in [3.05, 3.63) is 12.2 Å². The Labute approximate surface area is 71.7 Å². The first kappa shape index (κ1) is 10.7. The molecule has 0 amide bonds. The molecule has 0 spiro atoms. The Bertz CT molecular complexity index is 105. The second-order valence-corrected chi connectivity index (χ2v) is 3.65. The SMILES string of the molecule is CC=CC(C)(CCC)CCC. The van der Waals surface area contributed by atoms with Gasteiger partial charge >= 0.3 is 0 Å². The molecule has 0 aromatic carbocycles. The van der Waals surface area contributed by atoms with Crippen molar-refractivity contribution >= 4 is 0 Å². The number of rotatable bonds is 5. The Morgan fingerprint density at radius 2 is 1.55 bits per heavy atom. The van der Waals surface area contributed by atoms with Crippen LogP contribution in [0, 0.1) is 5.41 Å². The van der Waals surface area contributed by atoms with Crippen LogP contribution in [-0.2, 0) is 0 Å². The highest BCUT2D eigenvalue weighted by Gasteiger charge is 2.17. The van der Waals surface area contributed by atoms with Crippen LogP contribution in [0.25, 0.3) is 0 Å². The average molecular weight is 154 g/mol. The van der Waals surface area contributed by atoms with Crippen LogP contribution < -0.4 is 0 Å². The molecule has 0 saturated carbocycles. The Morgan fingerprint density at radius 1 is 1.09 bits per heavy atom. The fourth-order valence-corrected chi connectivity index (χ4v) is 1.84. The summed E-state index contributed by atoms with van der Waals surface area (Å²) >= 11 is 0. The van der Waals surface area contributed by atoms with Crippen molar-refractivity contribution in [3.63, 3.8) is 0 Å². The lowest BCUT2D eigenvalue weighted by molar-refractivity contribution is 0.352. The third-order valence-electron chi connectivity index (χ3n) is 2.21. The summed E-state index contributed by atoms with van der Waals surface area (Å²) in [6.07, 6.45) is 9.78. The van der Waals surface area contributed by atoms with Gasteiger partial charge in [-0.05, 0) is 25.2 Å². The molecule has 0 nitrogen and oxygen atoms in total. The fraction of sp³-hybridized carbons (Fsp3) is 0.818. The van der Waals surface area contributed by atoms with Gasteiger partial charge in [-0.2, -0.15) is 0 Å². The Kier molecular flexibility index (Phi) is 5.27. The standard InChI is InChI=1S/C11H22/c1-5-8-11(4,9-6-2)10-7-3/h5,8H,6-7,9-10H2,1-4H3. The highest BCUT2D eigenvalue weighted by atomic mass is 14.2. The molecule has 0 aliphatic rings. The summed E-state index contributed by atoms with van der Waals surface area (Å²) in [7, 11) is 0. The van der Waals surface area contributed by atoms with Gasteiger partial charge in [-0.1, -0.05) is 45.8 Å². The monoisotopic (exact) mass is 154 g/mol. The van der Waals surface area contributed by atoms with Crippen molar-refractivity contribution in [1.82, 2.24) is 0 Å². The summed E-state index contributed by atoms with van der Waals surface area (Å²) in [5.41, 5.74) is 0.470. The first-order chi connectivity index (χ1) is 5.18. The van der Waals surface area contributed by atoms with E-state index in [2.05, 4.69) is 39.8 Å². The molecule has 0 unspecified atom stereocenters. The third-order valence-corrected chi connectivity index (χ3v) is 2.21. The summed E-state index contributed by atoms with van der Waals surface area (Å²) in [6, 6.07) is 0. The zero-order chi connectivity index (χ0) is 8.74. The van der Waals surface area contributed by atoms with Crippen molar-refractivity contribution < 1.29 is 0 Å². The lowest BCUT2D eigenvalue weighted by Gasteiger charge is -2.24. The van der Waals surface area contributed by atoms with Gasteiger partial charge in [0.1, 0.15) is 0 Å². The first-order valence-electron chi connectivity index (χ1n) is 4.82. The second-order valence-electron chi connectivity index (χ2n) is 3.65. The molecule has 0 aromatic rings. The highest BCUT2D eigenvalue weighted by molar-refractivity contribution is 4.95. The summed E-state index contributed by atoms with van der Waals surface area (Å²) in [6.45, 7) is 9.00. The predicted molar refractivity (Wildman–Crippen MR) is 52.7 cm³/mol. The minimum Gasteiger partial charge on any atom is -0.0911 e. The van der Waals surface area contributed by atoms with E-state index in [0.717, 1.165) is 0 Å². The molecule has 0 aliphatic heterocycles. The van der Waals surface area contributed by atoms with E-state index in [1.54, 1.807) is 0 Å². The number of hydrogen-bond acceptors (Lipinski definition) is 0. The lowest BCUT2D eigenvalue weighted by Crippen LogP contribution is -2.11. The van der Waals surface area contributed by atoms with E-state index >= 15 is 0 Å². The van der Waals surface area contributed by atoms with Crippen LogP contribution in [-0.4, -0.2) is 0 Å². The van der Waals surface area contributed by atoms with Gasteiger partial charge in [-0.15, -0.1) is 0 Å². The van der Waals surface area contributed by atoms with E-state index in [9.17, 15) is 0 Å². The van der Waals surface area contributed by atoms with E-state index < -0.39 is 0 Å². The third kappa shape index (κ3) is 4.23. The number of allylic oxidation sites excluding steroid dienone is 2. The maximum atomic E-state index is 2.36. The zero-order valence-corrected chi connectivity index (χ0v) is 8.48. The van der Waals surface area contributed by atoms with Crippen LogP contribution in [0.1, 0.15) is 53.4 Å². The van der Waals surface area contributed by atoms with Crippen molar-refractivity contribution in [1.29, 1.82) is 0 Å². The topological polar surface area (TPSA) is 0 Å². The van der Waals surface area contributed by atoms with Gasteiger partial charge in [0, 0.05) is 0 Å². The lowest BCUT2D eigenvalue weighted by atomic mass is 9.81. The van der Waals surface area contributed by atoms with Crippen LogP contribution in [0.2, 0.25) is 0 Å². The van der Waals surface area contributed by atoms with Gasteiger partial charge in [-0.25, -0.2) is 0 Å². The molecule has 0 aliphatic carbocycles. The maximum Gasteiger partial charge on any atom is -0.0147 e. The van der Waals surface area contributed by atoms with Crippen LogP contribution in [0.5, 0.6) is 0 Å². The van der Waals surface area contributed by atoms with Gasteiger partial charge in [0.25, 0.3) is 0 Å². The smallest absolute Gasteiger partial charge is 0.0147 e. The molecule has 0 heterocycles. The summed E-state index contributed by atoms with van der Waals surface area (Å²) < 4.78 is 0. The van der Waals surface area contributed by atoms with Gasteiger partial charge < -0.3 is 0 Å². The second kappa shape index (κ2) is 5.40. The zero-order valence-electron chi connectivity index (χ0n) is 8.48. The molecular formula is C11H22. The molecule has 11 heavy (non-hydrogen) atoms. The Hall–Kier alpha value is -0.260. The van der Waals surface area contributed by atoms with Crippen LogP contribution >= 0.6 is 0 Å². The largest absolute Gasteiger partial charge is 0.0911 e. The van der Waals surface area contributed by atoms with Crippen LogP contribution in [0.15, 0.2) is 12.2 Å². The fourth-order valence-electron chi connectivity index (χ4n) is 1.84. The Balaban J connectivity index is 4.01. The average Bonchev–Trinajstić information content (AvgIpc) is 1.88. The highest BCUT2D eigenvalue weighted by Crippen LogP contribution is 2.30. The van der Waals surface area contributed by atoms with Gasteiger partial charge in [0.15, 0.2) is 0 Å². The van der Waals surface area contributed by atoms with E-state index in [4.69, 9.17) is 0 Å². The quantitative estimate of drug-likeness (QED) is 0.521. The van der Waals surface area contributed by atoms with E-state index in [0.29, 0.717) is 5.41 Å². The molecule has 0 N–H and O–H groups in total. The molecule has 0 rings (SSSR count). The van der Waals surface area contributed by atoms with Crippen LogP contribution in [0.3, 0.4) is 0 Å². The van der Waals surface area contributed by atoms with Gasteiger partial charge in [0.05, 0.1) is 0 Å². The maximum absolute atomic E-state index is 2.36. The summed E-state index contributed by atoms with van der Waals surface area (Å²) in [5.74, 6) is 0. The molecule has 0 heteroatoms. The molecule has 0 bridgehead atoms. The normalized spacial score (nSPS) is 12.7. The van der Waals surface area contributed by atoms with Crippen molar-refractivity contribution in [2.24, 2.45) is 5.41 Å². The minimum absolute atomic E-state index is 0.470. The van der Waals surface area contributed by atoms with Crippen molar-refractivity contribution in [3.8, 4) is 0 Å². The molecule has 0 saturated heterocycles. The Morgan fingerprint density at radius 3 is 1.82 bits per heavy atom. The number of hydrogen-bond donors (Lipinski definition) is 0. The molecule has 66 valence electrons. The van der Waals surface area contributed by atoms with E-state index in [1.807, 2.05) is 0 Å². The summed E-state index contributed by atoms with van der Waals surface area (Å²) in [4.78, 5) is 0. The predicted octanol–water partition coefficient (Wildman–Crippen LogP) is 4.17. The van der Waals surface area contributed by atoms with Crippen molar-refractivity contribution in [2.75, 3.05) is 0 Å². The minimum atomic E-state index is 0.470. The first-order valence-corrected chi connectivity index (χ1v) is 4.82. The molecule has 0 fully saturated rings. The molecular weight excluding hydrogens is 132 g/mol. The van der Waals surface area contributed by atoms with E-state index in [1.165, 1.54) is 25.7 Å². The van der Waals surface area contributed by atoms with Crippen LogP contribution in [0.4, 0.5) is 0 Å². The molecule has 0 radical (unpaired) electrons. The summed E-state index contributed by atoms with van der Waals surface area (Å²) in [5, 5.41) is 0. The molecule has 0 aromatic heterocycles. The van der Waals surface area contributed by atoms with Gasteiger partial charge in [-0.3, -0.25) is 0 Å². The van der Waals surface area contributed by atoms with E-state index in [-0.39, 0.29) is 0 Å². The van der Waals surface area contributed by atoms with Gasteiger partial charge in [0.2, 0.25) is 0 Å².